The summed E-state index contributed by atoms with van der Waals surface area (Å²) in [6.07, 6.45) is -2.67. The number of nitrogens with one attached hydrogen (secondary N) is 1. The van der Waals surface area contributed by atoms with Gasteiger partial charge in [-0.05, 0) is 30.9 Å². The predicted molar refractivity (Wildman–Crippen MR) is 90.1 cm³/mol. The number of hydrogen-bond acceptors (Lipinski definition) is 4. The van der Waals surface area contributed by atoms with Gasteiger partial charge in [0.15, 0.2) is 5.69 Å². The molecule has 0 bridgehead atoms. The molecular formula is C17H17F3N4O2S. The maximum atomic E-state index is 12.8. The summed E-state index contributed by atoms with van der Waals surface area (Å²) in [6, 6.07) is 6.47. The van der Waals surface area contributed by atoms with Crippen LogP contribution in [0.3, 0.4) is 0 Å². The number of nitriles is 1. The number of aryl methyl sites for hydroxylation is 2. The molecule has 0 aliphatic carbocycles. The molecule has 3 rings (SSSR count). The summed E-state index contributed by atoms with van der Waals surface area (Å²) in [4.78, 5) is 3.51. The molecule has 144 valence electrons. The van der Waals surface area contributed by atoms with Crippen LogP contribution in [0.2, 0.25) is 0 Å². The van der Waals surface area contributed by atoms with Gasteiger partial charge in [0.25, 0.3) is 0 Å². The highest BCUT2D eigenvalue weighted by atomic mass is 32.2. The van der Waals surface area contributed by atoms with Crippen molar-refractivity contribution in [2.75, 3.05) is 6.54 Å². The minimum atomic E-state index is -4.50. The van der Waals surface area contributed by atoms with Crippen LogP contribution < -0.4 is 4.72 Å². The van der Waals surface area contributed by atoms with E-state index in [-0.39, 0.29) is 29.5 Å². The fraction of sp³-hybridized carbons (Fsp3) is 0.412. The van der Waals surface area contributed by atoms with Crippen LogP contribution in [-0.4, -0.2) is 24.5 Å². The minimum absolute atomic E-state index is 0.0696. The van der Waals surface area contributed by atoms with Gasteiger partial charge < -0.3 is 4.57 Å². The molecule has 2 aromatic rings. The van der Waals surface area contributed by atoms with Gasteiger partial charge in [-0.2, -0.15) is 18.4 Å². The van der Waals surface area contributed by atoms with E-state index in [4.69, 9.17) is 0 Å². The van der Waals surface area contributed by atoms with Crippen LogP contribution in [0.5, 0.6) is 0 Å². The number of aromatic nitrogens is 2. The lowest BCUT2D eigenvalue weighted by Crippen LogP contribution is -2.34. The summed E-state index contributed by atoms with van der Waals surface area (Å²) < 4.78 is 67.3. The largest absolute Gasteiger partial charge is 0.434 e. The lowest BCUT2D eigenvalue weighted by molar-refractivity contribution is -0.141. The van der Waals surface area contributed by atoms with Gasteiger partial charge in [-0.15, -0.1) is 0 Å². The third kappa shape index (κ3) is 3.99. The molecule has 1 aliphatic rings. The number of sulfonamides is 1. The molecule has 0 saturated heterocycles. The second-order valence-electron chi connectivity index (χ2n) is 6.51. The molecule has 0 amide bonds. The van der Waals surface area contributed by atoms with Crippen molar-refractivity contribution in [3.8, 4) is 6.07 Å². The maximum Gasteiger partial charge on any atom is 0.434 e. The molecule has 0 fully saturated rings. The zero-order valence-electron chi connectivity index (χ0n) is 14.4. The summed E-state index contributed by atoms with van der Waals surface area (Å²) in [5.74, 6) is 0.185. The number of benzene rings is 1. The van der Waals surface area contributed by atoms with Gasteiger partial charge >= 0.3 is 6.18 Å². The molecule has 1 atom stereocenters. The van der Waals surface area contributed by atoms with E-state index in [1.165, 1.54) is 10.6 Å². The van der Waals surface area contributed by atoms with Crippen LogP contribution in [0.25, 0.3) is 0 Å². The Hall–Kier alpha value is -2.38. The summed E-state index contributed by atoms with van der Waals surface area (Å²) in [5, 5.41) is 9.21. The Morgan fingerprint density at radius 3 is 2.81 bits per heavy atom. The number of fused-ring (bicyclic) bond motifs is 1. The standard InChI is InChI=1S/C17H17F3N4O2S/c1-11-3-2-4-14(13(11)7-21)27(25,26)22-8-12-5-6-16-23-15(17(18,19)20)10-24(16)9-12/h2-4,10,12,22H,5-6,8-9H2,1H3. The normalized spacial score (nSPS) is 17.4. The number of alkyl halides is 3. The monoisotopic (exact) mass is 398 g/mol. The zero-order valence-corrected chi connectivity index (χ0v) is 15.2. The number of hydrogen-bond donors (Lipinski definition) is 1. The molecule has 1 N–H and O–H groups in total. The summed E-state index contributed by atoms with van der Waals surface area (Å²) in [7, 11) is -3.90. The maximum absolute atomic E-state index is 12.8. The third-order valence-electron chi connectivity index (χ3n) is 4.58. The molecule has 27 heavy (non-hydrogen) atoms. The van der Waals surface area contributed by atoms with Crippen molar-refractivity contribution in [3.63, 3.8) is 0 Å². The van der Waals surface area contributed by atoms with Crippen molar-refractivity contribution in [1.29, 1.82) is 5.26 Å². The Kier molecular flexibility index (Phi) is 5.01. The molecule has 1 aromatic carbocycles. The van der Waals surface area contributed by atoms with Crippen molar-refractivity contribution < 1.29 is 21.6 Å². The molecule has 2 heterocycles. The molecule has 1 unspecified atom stereocenters. The Morgan fingerprint density at radius 1 is 1.41 bits per heavy atom. The third-order valence-corrected chi connectivity index (χ3v) is 6.04. The van der Waals surface area contributed by atoms with Crippen molar-refractivity contribution in [2.24, 2.45) is 5.92 Å². The molecule has 0 spiro atoms. The van der Waals surface area contributed by atoms with Crippen LogP contribution in [0.1, 0.15) is 29.1 Å². The Labute approximate surface area is 154 Å². The summed E-state index contributed by atoms with van der Waals surface area (Å²) >= 11 is 0. The zero-order chi connectivity index (χ0) is 19.8. The molecule has 0 radical (unpaired) electrons. The van der Waals surface area contributed by atoms with E-state index < -0.39 is 21.9 Å². The van der Waals surface area contributed by atoms with Gasteiger partial charge in [-0.1, -0.05) is 12.1 Å². The van der Waals surface area contributed by atoms with Gasteiger partial charge in [-0.3, -0.25) is 0 Å². The fourth-order valence-electron chi connectivity index (χ4n) is 3.13. The van der Waals surface area contributed by atoms with Gasteiger partial charge in [0.05, 0.1) is 10.5 Å². The molecule has 0 saturated carbocycles. The van der Waals surface area contributed by atoms with Crippen LogP contribution in [0, 0.1) is 24.2 Å². The first kappa shape index (κ1) is 19.4. The average molecular weight is 398 g/mol. The smallest absolute Gasteiger partial charge is 0.334 e. The SMILES string of the molecule is Cc1cccc(S(=O)(=O)NCC2CCc3nc(C(F)(F)F)cn3C2)c1C#N. The molecule has 1 aromatic heterocycles. The second-order valence-corrected chi connectivity index (χ2v) is 8.24. The Balaban J connectivity index is 1.72. The molecule has 6 nitrogen and oxygen atoms in total. The van der Waals surface area contributed by atoms with E-state index >= 15 is 0 Å². The quantitative estimate of drug-likeness (QED) is 0.858. The van der Waals surface area contributed by atoms with Crippen molar-refractivity contribution in [1.82, 2.24) is 14.3 Å². The van der Waals surface area contributed by atoms with Gasteiger partial charge in [0.1, 0.15) is 11.9 Å². The minimum Gasteiger partial charge on any atom is -0.334 e. The van der Waals surface area contributed by atoms with Crippen molar-refractivity contribution >= 4 is 10.0 Å². The average Bonchev–Trinajstić information content (AvgIpc) is 3.03. The van der Waals surface area contributed by atoms with E-state index in [1.54, 1.807) is 19.1 Å². The van der Waals surface area contributed by atoms with Gasteiger partial charge in [0, 0.05) is 25.7 Å². The number of halogens is 3. The van der Waals surface area contributed by atoms with Crippen LogP contribution in [-0.2, 0) is 29.2 Å². The lowest BCUT2D eigenvalue weighted by Gasteiger charge is -2.24. The first-order valence-electron chi connectivity index (χ1n) is 8.24. The topological polar surface area (TPSA) is 87.8 Å². The van der Waals surface area contributed by atoms with E-state index in [2.05, 4.69) is 9.71 Å². The van der Waals surface area contributed by atoms with Crippen molar-refractivity contribution in [3.05, 3.63) is 47.0 Å². The van der Waals surface area contributed by atoms with Gasteiger partial charge in [-0.25, -0.2) is 18.1 Å². The lowest BCUT2D eigenvalue weighted by atomic mass is 10.00. The van der Waals surface area contributed by atoms with E-state index in [1.807, 2.05) is 6.07 Å². The Bertz CT molecular complexity index is 1010. The van der Waals surface area contributed by atoms with Crippen molar-refractivity contribution in [2.45, 2.75) is 37.4 Å². The summed E-state index contributed by atoms with van der Waals surface area (Å²) in [6.45, 7) is 1.97. The first-order chi connectivity index (χ1) is 12.6. The van der Waals surface area contributed by atoms with E-state index in [0.29, 0.717) is 24.2 Å². The summed E-state index contributed by atoms with van der Waals surface area (Å²) in [5.41, 5.74) is -0.293. The highest BCUT2D eigenvalue weighted by Crippen LogP contribution is 2.30. The van der Waals surface area contributed by atoms with Crippen LogP contribution in [0.15, 0.2) is 29.3 Å². The Morgan fingerprint density at radius 2 is 2.15 bits per heavy atom. The highest BCUT2D eigenvalue weighted by Gasteiger charge is 2.36. The predicted octanol–water partition coefficient (Wildman–Crippen LogP) is 2.62. The number of nitrogens with zero attached hydrogens (tertiary/aromatic N) is 3. The molecule has 1 aliphatic heterocycles. The van der Waals surface area contributed by atoms with Gasteiger partial charge in [0.2, 0.25) is 10.0 Å². The van der Waals surface area contributed by atoms with Crippen LogP contribution >= 0.6 is 0 Å². The molecule has 10 heteroatoms. The number of imidazole rings is 1. The number of rotatable bonds is 4. The van der Waals surface area contributed by atoms with E-state index in [0.717, 1.165) is 6.20 Å². The van der Waals surface area contributed by atoms with Crippen LogP contribution in [0.4, 0.5) is 13.2 Å². The second kappa shape index (κ2) is 6.98. The fourth-order valence-corrected chi connectivity index (χ4v) is 4.47. The first-order valence-corrected chi connectivity index (χ1v) is 9.73. The van der Waals surface area contributed by atoms with E-state index in [9.17, 15) is 26.9 Å². The molecular weight excluding hydrogens is 381 g/mol. The highest BCUT2D eigenvalue weighted by molar-refractivity contribution is 7.89.